The third-order valence-electron chi connectivity index (χ3n) is 1.54. The van der Waals surface area contributed by atoms with Crippen LogP contribution < -0.4 is 5.48 Å². The largest absolute Gasteiger partial charge is 0.468 e. The first-order valence-electron chi connectivity index (χ1n) is 3.86. The van der Waals surface area contributed by atoms with Crippen LogP contribution in [-0.2, 0) is 19.2 Å². The van der Waals surface area contributed by atoms with Gasteiger partial charge in [0.1, 0.15) is 6.04 Å². The van der Waals surface area contributed by atoms with Crippen LogP contribution in [0.4, 0.5) is 0 Å². The van der Waals surface area contributed by atoms with Gasteiger partial charge in [-0.25, -0.2) is 0 Å². The Morgan fingerprint density at radius 3 is 2.31 bits per heavy atom. The smallest absolute Gasteiger partial charge is 0.326 e. The minimum absolute atomic E-state index is 0.224. The Labute approximate surface area is 77.3 Å². The Kier molecular flexibility index (Phi) is 4.40. The number of ether oxygens (including phenoxy) is 1. The number of carbonyl (C=O) groups is 2. The number of methoxy groups -OCH3 is 1. The third-order valence-corrected chi connectivity index (χ3v) is 1.54. The van der Waals surface area contributed by atoms with E-state index >= 15 is 0 Å². The molecule has 0 aromatic rings. The predicted molar refractivity (Wildman–Crippen MR) is 45.5 cm³/mol. The average Bonchev–Trinajstić information content (AvgIpc) is 2.02. The maximum Gasteiger partial charge on any atom is 0.326 e. The van der Waals surface area contributed by atoms with Crippen molar-refractivity contribution in [2.24, 2.45) is 5.41 Å². The highest BCUT2D eigenvalue weighted by molar-refractivity contribution is 5.76. The van der Waals surface area contributed by atoms with Gasteiger partial charge in [0, 0.05) is 0 Å². The predicted octanol–water partition coefficient (Wildman–Crippen LogP) is 0.252. The van der Waals surface area contributed by atoms with Crippen molar-refractivity contribution in [3.63, 3.8) is 0 Å². The summed E-state index contributed by atoms with van der Waals surface area (Å²) in [6.45, 7) is 5.71. The monoisotopic (exact) mass is 189 g/mol. The van der Waals surface area contributed by atoms with Crippen molar-refractivity contribution >= 4 is 12.4 Å². The summed E-state index contributed by atoms with van der Waals surface area (Å²) < 4.78 is 4.54. The fourth-order valence-corrected chi connectivity index (χ4v) is 0.792. The van der Waals surface area contributed by atoms with Crippen molar-refractivity contribution in [1.29, 1.82) is 0 Å². The standard InChI is InChI=1S/C8H15NO4/c1-8(2,3)6(7(11)12-4)9-13-5-10/h5-6,9H,1-4H3/t6-/m1/s1. The van der Waals surface area contributed by atoms with Gasteiger partial charge in [0.05, 0.1) is 7.11 Å². The van der Waals surface area contributed by atoms with Crippen molar-refractivity contribution in [2.45, 2.75) is 26.8 Å². The van der Waals surface area contributed by atoms with Crippen LogP contribution >= 0.6 is 0 Å². The van der Waals surface area contributed by atoms with E-state index in [0.717, 1.165) is 0 Å². The first kappa shape index (κ1) is 11.9. The molecule has 1 atom stereocenters. The molecular formula is C8H15NO4. The van der Waals surface area contributed by atoms with E-state index in [1.54, 1.807) is 0 Å². The van der Waals surface area contributed by atoms with Crippen molar-refractivity contribution in [2.75, 3.05) is 7.11 Å². The quantitative estimate of drug-likeness (QED) is 0.390. The second kappa shape index (κ2) is 4.81. The first-order chi connectivity index (χ1) is 5.93. The number of hydroxylamine groups is 1. The topological polar surface area (TPSA) is 64.6 Å². The van der Waals surface area contributed by atoms with Gasteiger partial charge in [-0.05, 0) is 5.41 Å². The van der Waals surface area contributed by atoms with E-state index in [-0.39, 0.29) is 11.9 Å². The van der Waals surface area contributed by atoms with Crippen LogP contribution in [0.3, 0.4) is 0 Å². The maximum atomic E-state index is 11.2. The normalized spacial score (nSPS) is 13.2. The first-order valence-corrected chi connectivity index (χ1v) is 3.86. The van der Waals surface area contributed by atoms with Gasteiger partial charge in [0.2, 0.25) is 0 Å². The second-order valence-corrected chi connectivity index (χ2v) is 3.65. The van der Waals surface area contributed by atoms with Crippen LogP contribution in [0, 0.1) is 5.41 Å². The van der Waals surface area contributed by atoms with Gasteiger partial charge in [-0.3, -0.25) is 9.59 Å². The van der Waals surface area contributed by atoms with E-state index in [9.17, 15) is 9.59 Å². The SMILES string of the molecule is COC(=O)[C@@H](NOC=O)C(C)(C)C. The molecule has 0 fully saturated rings. The minimum atomic E-state index is -0.664. The van der Waals surface area contributed by atoms with E-state index in [4.69, 9.17) is 0 Å². The lowest BCUT2D eigenvalue weighted by molar-refractivity contribution is -0.155. The summed E-state index contributed by atoms with van der Waals surface area (Å²) in [7, 11) is 1.28. The van der Waals surface area contributed by atoms with Gasteiger partial charge >= 0.3 is 12.4 Å². The van der Waals surface area contributed by atoms with Crippen molar-refractivity contribution < 1.29 is 19.2 Å². The fourth-order valence-electron chi connectivity index (χ4n) is 0.792. The van der Waals surface area contributed by atoms with Crippen LogP contribution in [0.1, 0.15) is 20.8 Å². The molecule has 0 bridgehead atoms. The molecule has 76 valence electrons. The van der Waals surface area contributed by atoms with Gasteiger partial charge in [-0.1, -0.05) is 20.8 Å². The third kappa shape index (κ3) is 3.89. The molecule has 1 N–H and O–H groups in total. The van der Waals surface area contributed by atoms with Crippen LogP contribution in [-0.4, -0.2) is 25.6 Å². The molecule has 0 aromatic heterocycles. The molecule has 0 aliphatic rings. The number of carbonyl (C=O) groups excluding carboxylic acids is 2. The lowest BCUT2D eigenvalue weighted by Gasteiger charge is -2.27. The van der Waals surface area contributed by atoms with Gasteiger partial charge in [0.15, 0.2) is 0 Å². The zero-order valence-corrected chi connectivity index (χ0v) is 8.29. The molecule has 0 spiro atoms. The Bertz CT molecular complexity index is 185. The summed E-state index contributed by atoms with van der Waals surface area (Å²) in [6, 6.07) is -0.664. The Balaban J connectivity index is 4.36. The second-order valence-electron chi connectivity index (χ2n) is 3.65. The summed E-state index contributed by atoms with van der Waals surface area (Å²) in [5, 5.41) is 0. The molecular weight excluding hydrogens is 174 g/mol. The van der Waals surface area contributed by atoms with Crippen molar-refractivity contribution in [3.8, 4) is 0 Å². The lowest BCUT2D eigenvalue weighted by atomic mass is 9.87. The molecule has 0 aliphatic carbocycles. The van der Waals surface area contributed by atoms with E-state index < -0.39 is 12.0 Å². The van der Waals surface area contributed by atoms with Gasteiger partial charge in [0.25, 0.3) is 0 Å². The number of hydrogen-bond donors (Lipinski definition) is 1. The fraction of sp³-hybridized carbons (Fsp3) is 0.750. The highest BCUT2D eigenvalue weighted by atomic mass is 16.7. The van der Waals surface area contributed by atoms with Crippen LogP contribution in [0.15, 0.2) is 0 Å². The summed E-state index contributed by atoms with van der Waals surface area (Å²) in [6.07, 6.45) is 0. The molecule has 0 aliphatic heterocycles. The lowest BCUT2D eigenvalue weighted by Crippen LogP contribution is -2.46. The van der Waals surface area contributed by atoms with Crippen LogP contribution in [0.25, 0.3) is 0 Å². The Morgan fingerprint density at radius 1 is 1.46 bits per heavy atom. The number of rotatable bonds is 4. The van der Waals surface area contributed by atoms with Gasteiger partial charge in [-0.15, -0.1) is 5.48 Å². The molecule has 0 saturated heterocycles. The molecule has 0 unspecified atom stereocenters. The highest BCUT2D eigenvalue weighted by Gasteiger charge is 2.32. The Morgan fingerprint density at radius 2 is 2.00 bits per heavy atom. The maximum absolute atomic E-state index is 11.2. The van der Waals surface area contributed by atoms with E-state index in [1.165, 1.54) is 7.11 Å². The number of esters is 1. The van der Waals surface area contributed by atoms with Crippen LogP contribution in [0.5, 0.6) is 0 Å². The zero-order chi connectivity index (χ0) is 10.5. The van der Waals surface area contributed by atoms with Crippen LogP contribution in [0.2, 0.25) is 0 Å². The molecule has 0 aromatic carbocycles. The number of hydrogen-bond acceptors (Lipinski definition) is 5. The minimum Gasteiger partial charge on any atom is -0.468 e. The van der Waals surface area contributed by atoms with Crippen molar-refractivity contribution in [3.05, 3.63) is 0 Å². The van der Waals surface area contributed by atoms with Gasteiger partial charge < -0.3 is 9.57 Å². The molecule has 0 radical (unpaired) electrons. The summed E-state index contributed by atoms with van der Waals surface area (Å²) in [5.74, 6) is -0.464. The summed E-state index contributed by atoms with van der Waals surface area (Å²) in [5.41, 5.74) is 1.94. The molecule has 0 amide bonds. The molecule has 0 rings (SSSR count). The van der Waals surface area contributed by atoms with Gasteiger partial charge in [-0.2, -0.15) is 0 Å². The van der Waals surface area contributed by atoms with E-state index in [0.29, 0.717) is 0 Å². The Hall–Kier alpha value is -1.10. The molecule has 13 heavy (non-hydrogen) atoms. The molecule has 0 saturated carbocycles. The van der Waals surface area contributed by atoms with Crippen molar-refractivity contribution in [1.82, 2.24) is 5.48 Å². The van der Waals surface area contributed by atoms with E-state index in [1.807, 2.05) is 20.8 Å². The average molecular weight is 189 g/mol. The number of nitrogens with one attached hydrogen (secondary N) is 1. The summed E-state index contributed by atoms with van der Waals surface area (Å²) >= 11 is 0. The highest BCUT2D eigenvalue weighted by Crippen LogP contribution is 2.19. The van der Waals surface area contributed by atoms with E-state index in [2.05, 4.69) is 15.1 Å². The molecule has 5 heteroatoms. The zero-order valence-electron chi connectivity index (χ0n) is 8.29. The molecule has 0 heterocycles. The summed E-state index contributed by atoms with van der Waals surface area (Å²) in [4.78, 5) is 25.4. The molecule has 5 nitrogen and oxygen atoms in total.